The maximum absolute atomic E-state index is 13.5. The lowest BCUT2D eigenvalue weighted by Crippen LogP contribution is -2.29. The smallest absolute Gasteiger partial charge is 0.280 e. The monoisotopic (exact) mass is 431 g/mol. The number of amides is 1. The Morgan fingerprint density at radius 1 is 0.606 bits per heavy atom. The summed E-state index contributed by atoms with van der Waals surface area (Å²) in [6.45, 7) is 0. The molecule has 0 saturated heterocycles. The number of ketones is 2. The molecule has 0 aliphatic heterocycles. The number of fused-ring (bicyclic) bond motifs is 2. The van der Waals surface area contributed by atoms with Crippen LogP contribution in [0.3, 0.4) is 0 Å². The molecule has 6 heteroatoms. The van der Waals surface area contributed by atoms with Gasteiger partial charge in [-0.05, 0) is 30.3 Å². The molecule has 0 aromatic heterocycles. The molecule has 1 aliphatic rings. The Balaban J connectivity index is 1.68. The molecule has 4 aromatic carbocycles. The number of anilines is 1. The lowest BCUT2D eigenvalue weighted by atomic mass is 9.83. The van der Waals surface area contributed by atoms with E-state index in [1.807, 2.05) is 6.07 Å². The molecule has 6 nitrogen and oxygen atoms in total. The molecule has 4 aromatic rings. The van der Waals surface area contributed by atoms with E-state index in [4.69, 9.17) is 0 Å². The van der Waals surface area contributed by atoms with Gasteiger partial charge in [-0.1, -0.05) is 78.0 Å². The van der Waals surface area contributed by atoms with Crippen LogP contribution >= 0.6 is 0 Å². The SMILES string of the molecule is O=C1c2ccccc2C(=O)c2c1cccc2N(N=Nc1ccccc1)C(=O)c1ccccc1. The van der Waals surface area contributed by atoms with Crippen LogP contribution in [0, 0.1) is 0 Å². The Labute approximate surface area is 189 Å². The van der Waals surface area contributed by atoms with Crippen molar-refractivity contribution >= 4 is 28.8 Å². The van der Waals surface area contributed by atoms with Crippen LogP contribution in [0.15, 0.2) is 113 Å². The summed E-state index contributed by atoms with van der Waals surface area (Å²) in [6, 6.07) is 29.1. The molecule has 0 saturated carbocycles. The van der Waals surface area contributed by atoms with Gasteiger partial charge in [-0.25, -0.2) is 0 Å². The van der Waals surface area contributed by atoms with E-state index in [1.54, 1.807) is 97.1 Å². The minimum atomic E-state index is -0.470. The van der Waals surface area contributed by atoms with Crippen LogP contribution < -0.4 is 5.01 Å². The highest BCUT2D eigenvalue weighted by molar-refractivity contribution is 6.30. The van der Waals surface area contributed by atoms with Gasteiger partial charge in [0.05, 0.1) is 16.9 Å². The average Bonchev–Trinajstić information content (AvgIpc) is 2.88. The molecule has 0 bridgehead atoms. The van der Waals surface area contributed by atoms with Gasteiger partial charge in [-0.15, -0.1) is 5.11 Å². The normalized spacial score (nSPS) is 12.4. The summed E-state index contributed by atoms with van der Waals surface area (Å²) in [5.74, 6) is -1.08. The predicted octanol–water partition coefficient (Wildman–Crippen LogP) is 5.81. The van der Waals surface area contributed by atoms with Crippen molar-refractivity contribution in [2.24, 2.45) is 10.3 Å². The van der Waals surface area contributed by atoms with Gasteiger partial charge in [-0.2, -0.15) is 5.01 Å². The number of hydrogen-bond donors (Lipinski definition) is 0. The highest BCUT2D eigenvalue weighted by Gasteiger charge is 2.34. The third-order valence-electron chi connectivity index (χ3n) is 5.38. The fraction of sp³-hybridized carbons (Fsp3) is 0. The van der Waals surface area contributed by atoms with Crippen molar-refractivity contribution in [3.05, 3.63) is 131 Å². The van der Waals surface area contributed by atoms with Gasteiger partial charge in [0.25, 0.3) is 5.91 Å². The molecule has 0 heterocycles. The molecule has 1 aliphatic carbocycles. The molecule has 33 heavy (non-hydrogen) atoms. The quantitative estimate of drug-likeness (QED) is 0.266. The van der Waals surface area contributed by atoms with Crippen LogP contribution in [0.5, 0.6) is 0 Å². The molecule has 158 valence electrons. The van der Waals surface area contributed by atoms with Gasteiger partial charge in [0, 0.05) is 22.3 Å². The second-order valence-electron chi connectivity index (χ2n) is 7.41. The lowest BCUT2D eigenvalue weighted by molar-refractivity contribution is 0.0972. The van der Waals surface area contributed by atoms with E-state index in [1.165, 1.54) is 0 Å². The highest BCUT2D eigenvalue weighted by Crippen LogP contribution is 2.35. The van der Waals surface area contributed by atoms with E-state index < -0.39 is 5.91 Å². The molecule has 1 amide bonds. The van der Waals surface area contributed by atoms with Crippen LogP contribution in [-0.4, -0.2) is 17.5 Å². The van der Waals surface area contributed by atoms with Crippen molar-refractivity contribution in [3.63, 3.8) is 0 Å². The van der Waals surface area contributed by atoms with Gasteiger partial charge in [0.15, 0.2) is 11.6 Å². The fourth-order valence-electron chi connectivity index (χ4n) is 3.80. The Kier molecular flexibility index (Phi) is 5.16. The first-order valence-electron chi connectivity index (χ1n) is 10.3. The van der Waals surface area contributed by atoms with E-state index in [2.05, 4.69) is 10.3 Å². The third kappa shape index (κ3) is 3.64. The fourth-order valence-corrected chi connectivity index (χ4v) is 3.80. The number of benzene rings is 4. The zero-order valence-corrected chi connectivity index (χ0v) is 17.4. The number of nitrogens with zero attached hydrogens (tertiary/aromatic N) is 3. The molecule has 0 spiro atoms. The van der Waals surface area contributed by atoms with Crippen molar-refractivity contribution in [3.8, 4) is 0 Å². The summed E-state index contributed by atoms with van der Waals surface area (Å²) in [7, 11) is 0. The minimum absolute atomic E-state index is 0.137. The van der Waals surface area contributed by atoms with Gasteiger partial charge in [0.1, 0.15) is 0 Å². The Morgan fingerprint density at radius 2 is 1.18 bits per heavy atom. The Morgan fingerprint density at radius 3 is 1.88 bits per heavy atom. The summed E-state index contributed by atoms with van der Waals surface area (Å²) < 4.78 is 0. The predicted molar refractivity (Wildman–Crippen MR) is 124 cm³/mol. The largest absolute Gasteiger partial charge is 0.289 e. The van der Waals surface area contributed by atoms with Gasteiger partial charge in [0.2, 0.25) is 0 Å². The van der Waals surface area contributed by atoms with Gasteiger partial charge < -0.3 is 0 Å². The van der Waals surface area contributed by atoms with Gasteiger partial charge in [-0.3, -0.25) is 14.4 Å². The third-order valence-corrected chi connectivity index (χ3v) is 5.38. The first kappa shape index (κ1) is 20.2. The lowest BCUT2D eigenvalue weighted by Gasteiger charge is -2.24. The summed E-state index contributed by atoms with van der Waals surface area (Å²) in [4.78, 5) is 40.0. The van der Waals surface area contributed by atoms with E-state index in [0.29, 0.717) is 22.4 Å². The van der Waals surface area contributed by atoms with Gasteiger partial charge >= 0.3 is 0 Å². The second kappa shape index (κ2) is 8.43. The van der Waals surface area contributed by atoms with Crippen molar-refractivity contribution in [2.75, 3.05) is 5.01 Å². The van der Waals surface area contributed by atoms with Crippen LogP contribution in [-0.2, 0) is 0 Å². The van der Waals surface area contributed by atoms with Crippen LogP contribution in [0.25, 0.3) is 0 Å². The minimum Gasteiger partial charge on any atom is -0.289 e. The highest BCUT2D eigenvalue weighted by atomic mass is 16.2. The van der Waals surface area contributed by atoms with Crippen molar-refractivity contribution < 1.29 is 14.4 Å². The van der Waals surface area contributed by atoms with Crippen molar-refractivity contribution in [1.29, 1.82) is 0 Å². The number of hydrogen-bond acceptors (Lipinski definition) is 5. The average molecular weight is 431 g/mol. The molecule has 0 fully saturated rings. The molecule has 5 rings (SSSR count). The van der Waals surface area contributed by atoms with E-state index in [-0.39, 0.29) is 28.4 Å². The van der Waals surface area contributed by atoms with E-state index >= 15 is 0 Å². The maximum atomic E-state index is 13.5. The first-order chi connectivity index (χ1) is 16.1. The summed E-state index contributed by atoms with van der Waals surface area (Å²) in [5, 5.41) is 9.49. The molecule has 0 unspecified atom stereocenters. The van der Waals surface area contributed by atoms with Crippen molar-refractivity contribution in [1.82, 2.24) is 0 Å². The number of rotatable bonds is 4. The Hall–Kier alpha value is -4.71. The standard InChI is InChI=1S/C27H17N3O3/c31-25-20-14-7-8-15-21(20)26(32)24-22(25)16-9-17-23(24)30(27(33)18-10-3-1-4-11-18)29-28-19-12-5-2-6-13-19/h1-17H. The summed E-state index contributed by atoms with van der Waals surface area (Å²) in [5.41, 5.74) is 2.13. The molecule has 0 radical (unpaired) electrons. The number of carbonyl (C=O) groups excluding carboxylic acids is 3. The maximum Gasteiger partial charge on any atom is 0.280 e. The van der Waals surface area contributed by atoms with E-state index in [9.17, 15) is 14.4 Å². The second-order valence-corrected chi connectivity index (χ2v) is 7.41. The van der Waals surface area contributed by atoms with Crippen LogP contribution in [0.1, 0.15) is 42.2 Å². The number of carbonyl (C=O) groups is 3. The van der Waals surface area contributed by atoms with Crippen molar-refractivity contribution in [2.45, 2.75) is 0 Å². The zero-order valence-electron chi connectivity index (χ0n) is 17.4. The summed E-state index contributed by atoms with van der Waals surface area (Å²) >= 11 is 0. The molecule has 0 atom stereocenters. The van der Waals surface area contributed by atoms with Crippen LogP contribution in [0.2, 0.25) is 0 Å². The first-order valence-corrected chi connectivity index (χ1v) is 10.3. The van der Waals surface area contributed by atoms with Crippen LogP contribution in [0.4, 0.5) is 11.4 Å². The Bertz CT molecular complexity index is 1410. The molecule has 0 N–H and O–H groups in total. The zero-order chi connectivity index (χ0) is 22.8. The summed E-state index contributed by atoms with van der Waals surface area (Å²) in [6.07, 6.45) is 0. The molecular formula is C27H17N3O3. The van der Waals surface area contributed by atoms with E-state index in [0.717, 1.165) is 5.01 Å². The topological polar surface area (TPSA) is 79.2 Å². The molecular weight excluding hydrogens is 414 g/mol.